The van der Waals surface area contributed by atoms with Gasteiger partial charge in [0.05, 0.1) is 10.3 Å². The molecule has 1 aliphatic rings. The zero-order valence-corrected chi connectivity index (χ0v) is 15.0. The lowest BCUT2D eigenvalue weighted by Gasteiger charge is -2.40. The molecule has 1 saturated carbocycles. The smallest absolute Gasteiger partial charge is 0.264 e. The van der Waals surface area contributed by atoms with Crippen LogP contribution in [-0.4, -0.2) is 20.1 Å². The molecule has 1 N–H and O–H groups in total. The summed E-state index contributed by atoms with van der Waals surface area (Å²) in [5, 5.41) is 0. The van der Waals surface area contributed by atoms with Gasteiger partial charge in [-0.15, -0.1) is 0 Å². The number of Topliss-reactive ketones (excluding diaryl/α,β-unsaturated/α-hetero) is 1. The minimum atomic E-state index is -4.06. The number of nitrogens with one attached hydrogen (secondary N) is 1. The van der Waals surface area contributed by atoms with Gasteiger partial charge in [-0.1, -0.05) is 30.7 Å². The fraction of sp³-hybridized carbons (Fsp3) is 0.263. The highest BCUT2D eigenvalue weighted by Crippen LogP contribution is 2.44. The summed E-state index contributed by atoms with van der Waals surface area (Å²) < 4.78 is 40.3. The molecule has 0 saturated heterocycles. The molecule has 0 atom stereocenters. The molecule has 1 fully saturated rings. The van der Waals surface area contributed by atoms with E-state index in [4.69, 9.17) is 0 Å². The number of rotatable bonds is 5. The number of benzene rings is 2. The summed E-state index contributed by atoms with van der Waals surface area (Å²) in [7, 11) is -4.06. The third-order valence-corrected chi connectivity index (χ3v) is 6.18. The second-order valence-corrected chi connectivity index (χ2v) is 8.14. The van der Waals surface area contributed by atoms with Crippen LogP contribution < -0.4 is 4.72 Å². The molecule has 1 aliphatic carbocycles. The third-order valence-electron chi connectivity index (χ3n) is 4.84. The number of hydrogen-bond acceptors (Lipinski definition) is 4. The Hall–Kier alpha value is -2.54. The van der Waals surface area contributed by atoms with E-state index in [0.717, 1.165) is 6.42 Å². The van der Waals surface area contributed by atoms with Crippen molar-refractivity contribution >= 4 is 21.7 Å². The van der Waals surface area contributed by atoms with Crippen LogP contribution >= 0.6 is 0 Å². The second kappa shape index (κ2) is 6.64. The maximum atomic E-state index is 13.2. The van der Waals surface area contributed by atoms with Crippen LogP contribution in [0.1, 0.15) is 42.1 Å². The summed E-state index contributed by atoms with van der Waals surface area (Å²) in [6, 6.07) is 10.9. The molecule has 0 unspecified atom stereocenters. The van der Waals surface area contributed by atoms with Crippen LogP contribution in [0.3, 0.4) is 0 Å². The standard InChI is InChI=1S/C19H18FNO4S/c1-13(22)14-3-9-17(10-4-14)26(24,25)21-18(23)19(11-2-12-19)15-5-7-16(20)8-6-15/h3-10H,2,11-12H2,1H3,(H,21,23). The summed E-state index contributed by atoms with van der Waals surface area (Å²) >= 11 is 0. The van der Waals surface area contributed by atoms with E-state index in [2.05, 4.69) is 4.72 Å². The van der Waals surface area contributed by atoms with Gasteiger partial charge in [-0.3, -0.25) is 9.59 Å². The zero-order valence-electron chi connectivity index (χ0n) is 14.2. The highest BCUT2D eigenvalue weighted by Gasteiger charge is 2.47. The number of ketones is 1. The van der Waals surface area contributed by atoms with Gasteiger partial charge in [-0.2, -0.15) is 0 Å². The van der Waals surface area contributed by atoms with Gasteiger partial charge in [0.2, 0.25) is 5.91 Å². The van der Waals surface area contributed by atoms with Crippen molar-refractivity contribution in [3.63, 3.8) is 0 Å². The lowest BCUT2D eigenvalue weighted by atomic mass is 9.64. The average Bonchev–Trinajstić information content (AvgIpc) is 2.55. The minimum absolute atomic E-state index is 0.0931. The monoisotopic (exact) mass is 375 g/mol. The Morgan fingerprint density at radius 1 is 1.00 bits per heavy atom. The summed E-state index contributed by atoms with van der Waals surface area (Å²) in [4.78, 5) is 24.0. The Kier molecular flexibility index (Phi) is 4.66. The molecule has 2 aromatic carbocycles. The van der Waals surface area contributed by atoms with Crippen molar-refractivity contribution in [3.05, 3.63) is 65.5 Å². The Bertz CT molecular complexity index is 946. The Labute approximate surface area is 151 Å². The van der Waals surface area contributed by atoms with Crippen molar-refractivity contribution in [2.45, 2.75) is 36.5 Å². The van der Waals surface area contributed by atoms with Gasteiger partial charge in [0.1, 0.15) is 5.82 Å². The molecule has 136 valence electrons. The van der Waals surface area contributed by atoms with Gasteiger partial charge in [-0.05, 0) is 49.6 Å². The molecule has 26 heavy (non-hydrogen) atoms. The van der Waals surface area contributed by atoms with Gasteiger partial charge in [0.25, 0.3) is 10.0 Å². The van der Waals surface area contributed by atoms with Gasteiger partial charge >= 0.3 is 0 Å². The molecule has 5 nitrogen and oxygen atoms in total. The molecular weight excluding hydrogens is 357 g/mol. The molecule has 0 aliphatic heterocycles. The van der Waals surface area contributed by atoms with Crippen LogP contribution in [0.25, 0.3) is 0 Å². The quantitative estimate of drug-likeness (QED) is 0.815. The molecule has 7 heteroatoms. The first kappa shape index (κ1) is 18.3. The van der Waals surface area contributed by atoms with Gasteiger partial charge in [-0.25, -0.2) is 17.5 Å². The summed E-state index contributed by atoms with van der Waals surface area (Å²) in [5.74, 6) is -1.21. The first-order valence-corrected chi connectivity index (χ1v) is 9.67. The van der Waals surface area contributed by atoms with Crippen LogP contribution in [0, 0.1) is 5.82 Å². The lowest BCUT2D eigenvalue weighted by molar-refractivity contribution is -0.128. The van der Waals surface area contributed by atoms with Crippen LogP contribution in [0.15, 0.2) is 53.4 Å². The zero-order chi connectivity index (χ0) is 18.9. The summed E-state index contributed by atoms with van der Waals surface area (Å²) in [5.41, 5.74) is 0.0296. The molecule has 2 aromatic rings. The number of amides is 1. The van der Waals surface area contributed by atoms with E-state index in [9.17, 15) is 22.4 Å². The topological polar surface area (TPSA) is 80.3 Å². The maximum Gasteiger partial charge on any atom is 0.264 e. The number of sulfonamides is 1. The molecule has 1 amide bonds. The first-order chi connectivity index (χ1) is 12.2. The number of carbonyl (C=O) groups excluding carboxylic acids is 2. The second-order valence-electron chi connectivity index (χ2n) is 6.46. The van der Waals surface area contributed by atoms with Gasteiger partial charge in [0.15, 0.2) is 5.78 Å². The summed E-state index contributed by atoms with van der Waals surface area (Å²) in [6.07, 6.45) is 1.80. The van der Waals surface area contributed by atoms with E-state index >= 15 is 0 Å². The first-order valence-electron chi connectivity index (χ1n) is 8.19. The maximum absolute atomic E-state index is 13.2. The molecule has 3 rings (SSSR count). The molecular formula is C19H18FNO4S. The molecule has 0 heterocycles. The Morgan fingerprint density at radius 3 is 2.04 bits per heavy atom. The lowest BCUT2D eigenvalue weighted by Crippen LogP contribution is -2.50. The van der Waals surface area contributed by atoms with Crippen LogP contribution in [0.2, 0.25) is 0 Å². The third kappa shape index (κ3) is 3.26. The summed E-state index contributed by atoms with van der Waals surface area (Å²) in [6.45, 7) is 1.38. The number of hydrogen-bond donors (Lipinski definition) is 1. The highest BCUT2D eigenvalue weighted by molar-refractivity contribution is 7.90. The molecule has 0 spiro atoms. The van der Waals surface area contributed by atoms with E-state index in [1.54, 1.807) is 0 Å². The number of carbonyl (C=O) groups is 2. The van der Waals surface area contributed by atoms with Crippen LogP contribution in [0.5, 0.6) is 0 Å². The van der Waals surface area contributed by atoms with Gasteiger partial charge in [0, 0.05) is 5.56 Å². The molecule has 0 radical (unpaired) electrons. The van der Waals surface area contributed by atoms with Crippen molar-refractivity contribution in [3.8, 4) is 0 Å². The Morgan fingerprint density at radius 2 is 1.58 bits per heavy atom. The normalized spacial score (nSPS) is 15.8. The minimum Gasteiger partial charge on any atom is -0.295 e. The highest BCUT2D eigenvalue weighted by atomic mass is 32.2. The van der Waals surface area contributed by atoms with Gasteiger partial charge < -0.3 is 0 Å². The predicted octanol–water partition coefficient (Wildman–Crippen LogP) is 2.96. The van der Waals surface area contributed by atoms with E-state index < -0.39 is 27.2 Å². The Balaban J connectivity index is 1.85. The van der Waals surface area contributed by atoms with Crippen LogP contribution in [0.4, 0.5) is 4.39 Å². The largest absolute Gasteiger partial charge is 0.295 e. The molecule has 0 bridgehead atoms. The van der Waals surface area contributed by atoms with Crippen molar-refractivity contribution in [2.75, 3.05) is 0 Å². The number of halogens is 1. The fourth-order valence-electron chi connectivity index (χ4n) is 3.09. The van der Waals surface area contributed by atoms with Crippen molar-refractivity contribution in [1.29, 1.82) is 0 Å². The SMILES string of the molecule is CC(=O)c1ccc(S(=O)(=O)NC(=O)C2(c3ccc(F)cc3)CCC2)cc1. The van der Waals surface area contributed by atoms with E-state index in [1.807, 2.05) is 0 Å². The molecule has 0 aromatic heterocycles. The van der Waals surface area contributed by atoms with Crippen molar-refractivity contribution in [1.82, 2.24) is 4.72 Å². The van der Waals surface area contributed by atoms with Crippen molar-refractivity contribution in [2.24, 2.45) is 0 Å². The van der Waals surface area contributed by atoms with E-state index in [1.165, 1.54) is 55.5 Å². The van der Waals surface area contributed by atoms with E-state index in [0.29, 0.717) is 24.0 Å². The predicted molar refractivity (Wildman–Crippen MR) is 93.7 cm³/mol. The van der Waals surface area contributed by atoms with E-state index in [-0.39, 0.29) is 10.7 Å². The fourth-order valence-corrected chi connectivity index (χ4v) is 4.15. The average molecular weight is 375 g/mol. The van der Waals surface area contributed by atoms with Crippen molar-refractivity contribution < 1.29 is 22.4 Å². The van der Waals surface area contributed by atoms with Crippen LogP contribution in [-0.2, 0) is 20.2 Å².